The molecule has 0 aliphatic rings. The third kappa shape index (κ3) is 6.94. The third-order valence-electron chi connectivity index (χ3n) is 5.85. The van der Waals surface area contributed by atoms with Crippen molar-refractivity contribution in [2.75, 3.05) is 24.6 Å². The van der Waals surface area contributed by atoms with Gasteiger partial charge in [0.2, 0.25) is 0 Å². The fraction of sp³-hybridized carbons (Fsp3) is 0.259. The molecule has 0 atom stereocenters. The van der Waals surface area contributed by atoms with Crippen molar-refractivity contribution in [1.29, 1.82) is 0 Å². The van der Waals surface area contributed by atoms with E-state index in [0.29, 0.717) is 23.3 Å². The number of nitrogens with zero attached hydrogens (tertiary/aromatic N) is 2. The highest BCUT2D eigenvalue weighted by atomic mass is 32.2. The minimum absolute atomic E-state index is 0.0804. The summed E-state index contributed by atoms with van der Waals surface area (Å²) in [5.74, 6) is -0.227. The highest BCUT2D eigenvalue weighted by Crippen LogP contribution is 2.25. The number of aromatic hydroxyl groups is 1. The largest absolute Gasteiger partial charge is 0.744 e. The van der Waals surface area contributed by atoms with E-state index >= 15 is 0 Å². The number of pyridine rings is 1. The van der Waals surface area contributed by atoms with Crippen LogP contribution in [0.25, 0.3) is 22.1 Å². The number of phenols is 1. The highest BCUT2D eigenvalue weighted by molar-refractivity contribution is 7.85. The average Bonchev–Trinajstić information content (AvgIpc) is 2.86. The van der Waals surface area contributed by atoms with E-state index in [-0.39, 0.29) is 22.9 Å². The van der Waals surface area contributed by atoms with Crippen LogP contribution in [0.15, 0.2) is 81.1 Å². The summed E-state index contributed by atoms with van der Waals surface area (Å²) >= 11 is 0. The Labute approximate surface area is 215 Å². The molecule has 4 rings (SSSR count). The predicted octanol–water partition coefficient (Wildman–Crippen LogP) is 3.19. The Kier molecular flexibility index (Phi) is 9.04. The lowest BCUT2D eigenvalue weighted by Gasteiger charge is -2.21. The summed E-state index contributed by atoms with van der Waals surface area (Å²) in [4.78, 5) is 14.3. The predicted molar refractivity (Wildman–Crippen MR) is 140 cm³/mol. The molecule has 2 aromatic heterocycles. The van der Waals surface area contributed by atoms with Crippen molar-refractivity contribution < 1.29 is 32.2 Å². The maximum absolute atomic E-state index is 12.4. The first-order chi connectivity index (χ1) is 17.6. The van der Waals surface area contributed by atoms with Gasteiger partial charge in [-0.3, -0.25) is 0 Å². The Hall–Kier alpha value is -3.73. The van der Waals surface area contributed by atoms with Gasteiger partial charge in [-0.25, -0.2) is 17.8 Å². The maximum atomic E-state index is 12.4. The Bertz CT molecular complexity index is 1530. The van der Waals surface area contributed by atoms with E-state index in [2.05, 4.69) is 24.8 Å². The van der Waals surface area contributed by atoms with Gasteiger partial charge >= 0.3 is 5.63 Å². The van der Waals surface area contributed by atoms with Gasteiger partial charge in [-0.1, -0.05) is 6.07 Å². The van der Waals surface area contributed by atoms with Crippen LogP contribution in [0.1, 0.15) is 19.4 Å². The lowest BCUT2D eigenvalue weighted by molar-refractivity contribution is -0.698. The van der Waals surface area contributed by atoms with E-state index in [4.69, 9.17) is 14.6 Å². The fourth-order valence-electron chi connectivity index (χ4n) is 3.85. The first kappa shape index (κ1) is 27.9. The van der Waals surface area contributed by atoms with Crippen LogP contribution >= 0.6 is 0 Å². The van der Waals surface area contributed by atoms with E-state index in [9.17, 15) is 17.8 Å². The normalized spacial score (nSPS) is 11.2. The Morgan fingerprint density at radius 3 is 2.24 bits per heavy atom. The van der Waals surface area contributed by atoms with Crippen molar-refractivity contribution >= 4 is 26.8 Å². The monoisotopic (exact) mass is 526 g/mol. The van der Waals surface area contributed by atoms with Crippen LogP contribution in [0.3, 0.4) is 0 Å². The molecule has 0 spiro atoms. The van der Waals surface area contributed by atoms with Gasteiger partial charge in [0.05, 0.1) is 10.5 Å². The van der Waals surface area contributed by atoms with Crippen LogP contribution in [0, 0.1) is 6.92 Å². The van der Waals surface area contributed by atoms with E-state index < -0.39 is 10.1 Å². The number of hydrogen-bond acceptors (Lipinski definition) is 8. The van der Waals surface area contributed by atoms with Crippen molar-refractivity contribution in [2.45, 2.75) is 32.2 Å². The minimum Gasteiger partial charge on any atom is -0.744 e. The van der Waals surface area contributed by atoms with Crippen molar-refractivity contribution in [3.05, 3.63) is 83.0 Å². The van der Waals surface area contributed by atoms with E-state index in [1.807, 2.05) is 47.3 Å². The fourth-order valence-corrected chi connectivity index (χ4v) is 4.57. The quantitative estimate of drug-likeness (QED) is 0.213. The lowest BCUT2D eigenvalue weighted by atomic mass is 10.1. The molecule has 4 aromatic rings. The van der Waals surface area contributed by atoms with Crippen LogP contribution in [0.2, 0.25) is 0 Å². The van der Waals surface area contributed by atoms with Gasteiger partial charge in [0.25, 0.3) is 0 Å². The molecular weight excluding hydrogens is 496 g/mol. The Balaban J connectivity index is 0.000000266. The summed E-state index contributed by atoms with van der Waals surface area (Å²) < 4.78 is 39.1. The first-order valence-corrected chi connectivity index (χ1v) is 13.2. The minimum atomic E-state index is -4.47. The van der Waals surface area contributed by atoms with Gasteiger partial charge < -0.3 is 24.1 Å². The zero-order chi connectivity index (χ0) is 27.2. The van der Waals surface area contributed by atoms with E-state index in [1.54, 1.807) is 0 Å². The van der Waals surface area contributed by atoms with Crippen molar-refractivity contribution in [3.63, 3.8) is 0 Å². The van der Waals surface area contributed by atoms with Gasteiger partial charge in [-0.2, -0.15) is 0 Å². The lowest BCUT2D eigenvalue weighted by Crippen LogP contribution is -2.34. The highest BCUT2D eigenvalue weighted by Gasteiger charge is 2.11. The Morgan fingerprint density at radius 1 is 1.00 bits per heavy atom. The number of rotatable bonds is 7. The number of benzene rings is 2. The van der Waals surface area contributed by atoms with Gasteiger partial charge in [0, 0.05) is 47.9 Å². The second kappa shape index (κ2) is 12.0. The SMILES string of the molecule is CCN(CC)c1ccc2cc(-c3cc[n+](CCO)cc3)c(=O)oc2c1.Cc1ccc(O)cc1S(=O)(=O)[O-]. The molecule has 0 unspecified atom stereocenters. The topological polar surface area (TPSA) is 135 Å². The van der Waals surface area contributed by atoms with E-state index in [1.165, 1.54) is 19.1 Å². The molecule has 37 heavy (non-hydrogen) atoms. The molecule has 0 fully saturated rings. The molecule has 196 valence electrons. The molecule has 2 N–H and O–H groups in total. The van der Waals surface area contributed by atoms with Crippen LogP contribution < -0.4 is 15.1 Å². The molecule has 10 heteroatoms. The van der Waals surface area contributed by atoms with E-state index in [0.717, 1.165) is 35.8 Å². The van der Waals surface area contributed by atoms with Crippen molar-refractivity contribution in [1.82, 2.24) is 0 Å². The summed E-state index contributed by atoms with van der Waals surface area (Å²) in [6.45, 7) is 8.11. The molecule has 2 aromatic carbocycles. The molecule has 0 saturated heterocycles. The summed E-state index contributed by atoms with van der Waals surface area (Å²) in [5, 5.41) is 18.8. The molecule has 0 aliphatic carbocycles. The molecule has 9 nitrogen and oxygen atoms in total. The van der Waals surface area contributed by atoms with Crippen LogP contribution in [-0.2, 0) is 16.7 Å². The van der Waals surface area contributed by atoms with Crippen LogP contribution in [-0.4, -0.2) is 42.9 Å². The number of aromatic nitrogens is 1. The number of hydrogen-bond donors (Lipinski definition) is 2. The Morgan fingerprint density at radius 2 is 1.68 bits per heavy atom. The summed E-state index contributed by atoms with van der Waals surface area (Å²) in [6, 6.07) is 15.2. The number of aliphatic hydroxyl groups is 1. The zero-order valence-electron chi connectivity index (χ0n) is 20.9. The molecular formula is C27H30N2O7S. The number of aliphatic hydroxyl groups excluding tert-OH is 1. The summed E-state index contributed by atoms with van der Waals surface area (Å²) in [5.41, 5.74) is 2.99. The molecule has 0 amide bonds. The summed E-state index contributed by atoms with van der Waals surface area (Å²) in [7, 11) is -4.47. The van der Waals surface area contributed by atoms with Gasteiger partial charge in [0.15, 0.2) is 18.9 Å². The summed E-state index contributed by atoms with van der Waals surface area (Å²) in [6.07, 6.45) is 3.69. The molecule has 0 aliphatic heterocycles. The maximum Gasteiger partial charge on any atom is 0.344 e. The smallest absolute Gasteiger partial charge is 0.344 e. The van der Waals surface area contributed by atoms with Gasteiger partial charge in [-0.05, 0) is 56.7 Å². The molecule has 0 radical (unpaired) electrons. The second-order valence-corrected chi connectivity index (χ2v) is 9.64. The van der Waals surface area contributed by atoms with Crippen molar-refractivity contribution in [3.8, 4) is 16.9 Å². The number of anilines is 1. The van der Waals surface area contributed by atoms with Crippen LogP contribution in [0.4, 0.5) is 5.69 Å². The second-order valence-electron chi connectivity index (χ2n) is 8.29. The third-order valence-corrected chi connectivity index (χ3v) is 6.83. The number of phenolic OH excluding ortho intramolecular Hbond substituents is 1. The first-order valence-electron chi connectivity index (χ1n) is 11.8. The van der Waals surface area contributed by atoms with Gasteiger partial charge in [0.1, 0.15) is 28.1 Å². The average molecular weight is 527 g/mol. The number of fused-ring (bicyclic) bond motifs is 1. The number of aryl methyl sites for hydroxylation is 1. The van der Waals surface area contributed by atoms with Gasteiger partial charge in [-0.15, -0.1) is 0 Å². The zero-order valence-corrected chi connectivity index (χ0v) is 21.7. The molecule has 0 bridgehead atoms. The molecule has 2 heterocycles. The molecule has 0 saturated carbocycles. The van der Waals surface area contributed by atoms with Crippen molar-refractivity contribution in [2.24, 2.45) is 0 Å². The van der Waals surface area contributed by atoms with Crippen LogP contribution in [0.5, 0.6) is 5.75 Å². The standard InChI is InChI=1S/C20H23N2O3.C7H8O4S/c1-3-22(4-2)17-6-5-16-13-18(20(24)25-19(16)14-17)15-7-9-21(10-8-15)11-12-23;1-5-2-3-6(8)4-7(5)12(9,10)11/h5-10,13-14,23H,3-4,11-12H2,1-2H3;2-4,8H,1H3,(H,9,10,11)/q+1;/p-1.